The van der Waals surface area contributed by atoms with Crippen molar-refractivity contribution >= 4 is 23.5 Å². The molecule has 2 N–H and O–H groups in total. The van der Waals surface area contributed by atoms with E-state index in [2.05, 4.69) is 5.32 Å². The summed E-state index contributed by atoms with van der Waals surface area (Å²) in [5.74, 6) is 3.76. The average molecular weight is 283 g/mol. The first-order valence-electron chi connectivity index (χ1n) is 6.36. The van der Waals surface area contributed by atoms with Crippen molar-refractivity contribution in [2.45, 2.75) is 17.8 Å². The standard InChI is InChI=1S/C14H21NOS2/c1-14(16,12-5-3-2-4-6-12)11-15-9-13-10-17-7-8-18-13/h2-6,13,15-16H,7-11H2,1H3. The van der Waals surface area contributed by atoms with Crippen molar-refractivity contribution in [2.24, 2.45) is 0 Å². The predicted molar refractivity (Wildman–Crippen MR) is 82.5 cm³/mol. The molecule has 1 saturated heterocycles. The summed E-state index contributed by atoms with van der Waals surface area (Å²) in [6, 6.07) is 9.87. The van der Waals surface area contributed by atoms with Crippen molar-refractivity contribution < 1.29 is 5.11 Å². The van der Waals surface area contributed by atoms with Gasteiger partial charge in [-0.2, -0.15) is 23.5 Å². The molecule has 4 heteroatoms. The zero-order valence-corrected chi connectivity index (χ0v) is 12.4. The van der Waals surface area contributed by atoms with Crippen molar-refractivity contribution in [3.05, 3.63) is 35.9 Å². The third-order valence-electron chi connectivity index (χ3n) is 3.12. The van der Waals surface area contributed by atoms with Crippen LogP contribution < -0.4 is 5.32 Å². The molecule has 1 heterocycles. The van der Waals surface area contributed by atoms with E-state index in [0.29, 0.717) is 11.8 Å². The summed E-state index contributed by atoms with van der Waals surface area (Å²) in [6.07, 6.45) is 0. The van der Waals surface area contributed by atoms with Crippen molar-refractivity contribution in [2.75, 3.05) is 30.3 Å². The van der Waals surface area contributed by atoms with E-state index in [4.69, 9.17) is 0 Å². The molecule has 0 aliphatic carbocycles. The van der Waals surface area contributed by atoms with Crippen LogP contribution in [0.2, 0.25) is 0 Å². The second-order valence-electron chi connectivity index (χ2n) is 4.84. The van der Waals surface area contributed by atoms with Gasteiger partial charge in [-0.15, -0.1) is 0 Å². The highest BCUT2D eigenvalue weighted by Crippen LogP contribution is 2.24. The molecule has 2 nitrogen and oxygen atoms in total. The molecule has 2 unspecified atom stereocenters. The molecule has 2 rings (SSSR count). The zero-order valence-electron chi connectivity index (χ0n) is 10.8. The fourth-order valence-electron chi connectivity index (χ4n) is 2.03. The largest absolute Gasteiger partial charge is 0.384 e. The smallest absolute Gasteiger partial charge is 0.0992 e. The van der Waals surface area contributed by atoms with E-state index in [-0.39, 0.29) is 0 Å². The maximum atomic E-state index is 10.4. The summed E-state index contributed by atoms with van der Waals surface area (Å²) in [4.78, 5) is 0. The first kappa shape index (κ1) is 14.3. The Kier molecular flexibility index (Phi) is 5.42. The first-order valence-corrected chi connectivity index (χ1v) is 8.57. The fourth-order valence-corrected chi connectivity index (χ4v) is 4.68. The van der Waals surface area contributed by atoms with Gasteiger partial charge in [0.15, 0.2) is 0 Å². The van der Waals surface area contributed by atoms with Crippen molar-refractivity contribution in [1.29, 1.82) is 0 Å². The molecule has 1 aromatic carbocycles. The van der Waals surface area contributed by atoms with E-state index in [0.717, 1.165) is 12.1 Å². The minimum Gasteiger partial charge on any atom is -0.384 e. The minimum absolute atomic E-state index is 0.610. The lowest BCUT2D eigenvalue weighted by Crippen LogP contribution is -2.39. The van der Waals surface area contributed by atoms with Gasteiger partial charge in [-0.3, -0.25) is 0 Å². The summed E-state index contributed by atoms with van der Waals surface area (Å²) in [6.45, 7) is 3.47. The van der Waals surface area contributed by atoms with Crippen LogP contribution in [-0.2, 0) is 5.60 Å². The maximum Gasteiger partial charge on any atom is 0.0992 e. The van der Waals surface area contributed by atoms with Gasteiger partial charge in [0.05, 0.1) is 5.60 Å². The Balaban J connectivity index is 1.78. The lowest BCUT2D eigenvalue weighted by molar-refractivity contribution is 0.0573. The molecule has 0 aromatic heterocycles. The van der Waals surface area contributed by atoms with Gasteiger partial charge in [0.25, 0.3) is 0 Å². The van der Waals surface area contributed by atoms with Crippen LogP contribution in [0.5, 0.6) is 0 Å². The molecule has 18 heavy (non-hydrogen) atoms. The van der Waals surface area contributed by atoms with E-state index in [1.165, 1.54) is 17.3 Å². The SMILES string of the molecule is CC(O)(CNCC1CSCCS1)c1ccccc1. The number of benzene rings is 1. The van der Waals surface area contributed by atoms with Gasteiger partial charge in [0.1, 0.15) is 0 Å². The van der Waals surface area contributed by atoms with E-state index in [1.807, 2.05) is 60.8 Å². The third kappa shape index (κ3) is 4.19. The molecule has 1 fully saturated rings. The van der Waals surface area contributed by atoms with Gasteiger partial charge in [-0.1, -0.05) is 30.3 Å². The highest BCUT2D eigenvalue weighted by molar-refractivity contribution is 8.06. The van der Waals surface area contributed by atoms with Crippen LogP contribution in [0.25, 0.3) is 0 Å². The lowest BCUT2D eigenvalue weighted by Gasteiger charge is -2.27. The number of hydrogen-bond acceptors (Lipinski definition) is 4. The van der Waals surface area contributed by atoms with Crippen LogP contribution >= 0.6 is 23.5 Å². The van der Waals surface area contributed by atoms with E-state index in [1.54, 1.807) is 0 Å². The van der Waals surface area contributed by atoms with Crippen LogP contribution in [0, 0.1) is 0 Å². The Hall–Kier alpha value is -0.160. The lowest BCUT2D eigenvalue weighted by atomic mass is 9.96. The maximum absolute atomic E-state index is 10.4. The van der Waals surface area contributed by atoms with E-state index in [9.17, 15) is 5.11 Å². The molecule has 100 valence electrons. The Morgan fingerprint density at radius 1 is 1.33 bits per heavy atom. The first-order chi connectivity index (χ1) is 8.68. The van der Waals surface area contributed by atoms with Crippen LogP contribution in [-0.4, -0.2) is 40.7 Å². The number of nitrogens with one attached hydrogen (secondary N) is 1. The second-order valence-corrected chi connectivity index (χ2v) is 7.40. The van der Waals surface area contributed by atoms with E-state index < -0.39 is 5.60 Å². The predicted octanol–water partition coefficient (Wildman–Crippen LogP) is 2.33. The molecule has 1 aromatic rings. The normalized spacial score (nSPS) is 23.6. The van der Waals surface area contributed by atoms with Gasteiger partial charge >= 0.3 is 0 Å². The molecule has 0 amide bonds. The van der Waals surface area contributed by atoms with Crippen LogP contribution in [0.4, 0.5) is 0 Å². The molecule has 1 aliphatic heterocycles. The Morgan fingerprint density at radius 2 is 2.11 bits per heavy atom. The highest BCUT2D eigenvalue weighted by atomic mass is 32.2. The summed E-state index contributed by atoms with van der Waals surface area (Å²) < 4.78 is 0. The quantitative estimate of drug-likeness (QED) is 0.869. The zero-order chi connectivity index (χ0) is 12.8. The summed E-state index contributed by atoms with van der Waals surface area (Å²) in [5, 5.41) is 14.5. The number of hydrogen-bond donors (Lipinski definition) is 2. The topological polar surface area (TPSA) is 32.3 Å². The monoisotopic (exact) mass is 283 g/mol. The molecule has 0 spiro atoms. The Labute approximate surface area is 118 Å². The summed E-state index contributed by atoms with van der Waals surface area (Å²) in [5.41, 5.74) is 0.191. The van der Waals surface area contributed by atoms with Gasteiger partial charge in [0.2, 0.25) is 0 Å². The van der Waals surface area contributed by atoms with Crippen molar-refractivity contribution in [1.82, 2.24) is 5.32 Å². The average Bonchev–Trinajstić information content (AvgIpc) is 2.41. The minimum atomic E-state index is -0.784. The molecule has 0 saturated carbocycles. The van der Waals surface area contributed by atoms with Crippen molar-refractivity contribution in [3.8, 4) is 0 Å². The molecule has 0 radical (unpaired) electrons. The van der Waals surface area contributed by atoms with E-state index >= 15 is 0 Å². The number of rotatable bonds is 5. The van der Waals surface area contributed by atoms with Crippen LogP contribution in [0.3, 0.4) is 0 Å². The Bertz CT molecular complexity index is 350. The van der Waals surface area contributed by atoms with Gasteiger partial charge in [0, 0.05) is 35.6 Å². The summed E-state index contributed by atoms with van der Waals surface area (Å²) in [7, 11) is 0. The number of aliphatic hydroxyl groups is 1. The third-order valence-corrected chi connectivity index (χ3v) is 5.97. The summed E-state index contributed by atoms with van der Waals surface area (Å²) >= 11 is 4.08. The van der Waals surface area contributed by atoms with Gasteiger partial charge in [-0.25, -0.2) is 0 Å². The van der Waals surface area contributed by atoms with Gasteiger partial charge < -0.3 is 10.4 Å². The van der Waals surface area contributed by atoms with Gasteiger partial charge in [-0.05, 0) is 12.5 Å². The van der Waals surface area contributed by atoms with Crippen LogP contribution in [0.1, 0.15) is 12.5 Å². The molecule has 0 bridgehead atoms. The molecule has 1 aliphatic rings. The molecular weight excluding hydrogens is 262 g/mol. The highest BCUT2D eigenvalue weighted by Gasteiger charge is 2.23. The molecular formula is C14H21NOS2. The fraction of sp³-hybridized carbons (Fsp3) is 0.571. The second kappa shape index (κ2) is 6.85. The van der Waals surface area contributed by atoms with Crippen molar-refractivity contribution in [3.63, 3.8) is 0 Å². The van der Waals surface area contributed by atoms with Crippen LogP contribution in [0.15, 0.2) is 30.3 Å². The molecule has 2 atom stereocenters. The number of thioether (sulfide) groups is 2. The Morgan fingerprint density at radius 3 is 2.78 bits per heavy atom.